The number of hydrogen-bond acceptors (Lipinski definition) is 4. The molecule has 1 heterocycles. The SMILES string of the molecule is CN(C)S(=O)(=O)c1ccc(CNC(=O)C2CC(F)(F)CN2)cc1.Cl. The Morgan fingerprint density at radius 2 is 1.92 bits per heavy atom. The van der Waals surface area contributed by atoms with Crippen LogP contribution in [0, 0.1) is 0 Å². The fourth-order valence-corrected chi connectivity index (χ4v) is 3.11. The van der Waals surface area contributed by atoms with Gasteiger partial charge in [0.1, 0.15) is 0 Å². The first-order valence-corrected chi connectivity index (χ1v) is 8.46. The van der Waals surface area contributed by atoms with Crippen molar-refractivity contribution in [2.45, 2.75) is 29.8 Å². The van der Waals surface area contributed by atoms with Crippen molar-refractivity contribution in [3.63, 3.8) is 0 Å². The number of halogens is 3. The van der Waals surface area contributed by atoms with Gasteiger partial charge in [-0.3, -0.25) is 10.1 Å². The number of rotatable bonds is 5. The molecule has 1 fully saturated rings. The topological polar surface area (TPSA) is 78.5 Å². The maximum absolute atomic E-state index is 13.0. The van der Waals surface area contributed by atoms with Gasteiger partial charge < -0.3 is 5.32 Å². The number of amides is 1. The summed E-state index contributed by atoms with van der Waals surface area (Å²) in [5.74, 6) is -3.35. The van der Waals surface area contributed by atoms with E-state index in [1.165, 1.54) is 26.2 Å². The zero-order chi connectivity index (χ0) is 17.3. The lowest BCUT2D eigenvalue weighted by Crippen LogP contribution is -2.40. The van der Waals surface area contributed by atoms with Crippen LogP contribution in [0.2, 0.25) is 0 Å². The van der Waals surface area contributed by atoms with Crippen LogP contribution in [0.1, 0.15) is 12.0 Å². The third-order valence-electron chi connectivity index (χ3n) is 3.60. The summed E-state index contributed by atoms with van der Waals surface area (Å²) < 4.78 is 51.0. The average Bonchev–Trinajstić information content (AvgIpc) is 2.85. The van der Waals surface area contributed by atoms with E-state index in [4.69, 9.17) is 0 Å². The van der Waals surface area contributed by atoms with E-state index in [9.17, 15) is 22.0 Å². The van der Waals surface area contributed by atoms with Crippen LogP contribution < -0.4 is 10.6 Å². The highest BCUT2D eigenvalue weighted by Gasteiger charge is 2.42. The van der Waals surface area contributed by atoms with Crippen molar-refractivity contribution < 1.29 is 22.0 Å². The molecule has 1 atom stereocenters. The molecule has 6 nitrogen and oxygen atoms in total. The Balaban J connectivity index is 0.00000288. The molecule has 1 aliphatic rings. The number of alkyl halides is 2. The number of benzene rings is 1. The molecule has 0 aromatic heterocycles. The monoisotopic (exact) mass is 383 g/mol. The van der Waals surface area contributed by atoms with E-state index in [0.29, 0.717) is 5.56 Å². The van der Waals surface area contributed by atoms with Gasteiger partial charge in [-0.1, -0.05) is 12.1 Å². The normalized spacial score (nSPS) is 19.8. The molecule has 1 amide bonds. The van der Waals surface area contributed by atoms with Gasteiger partial charge in [0.2, 0.25) is 15.9 Å². The Hall–Kier alpha value is -1.29. The molecule has 1 unspecified atom stereocenters. The summed E-state index contributed by atoms with van der Waals surface area (Å²) in [5.41, 5.74) is 0.681. The van der Waals surface area contributed by atoms with E-state index < -0.39 is 40.9 Å². The van der Waals surface area contributed by atoms with Gasteiger partial charge in [0, 0.05) is 27.1 Å². The highest BCUT2D eigenvalue weighted by molar-refractivity contribution is 7.89. The van der Waals surface area contributed by atoms with Crippen LogP contribution in [0.5, 0.6) is 0 Å². The lowest BCUT2D eigenvalue weighted by molar-refractivity contribution is -0.123. The smallest absolute Gasteiger partial charge is 0.262 e. The second-order valence-corrected chi connectivity index (χ2v) is 7.79. The van der Waals surface area contributed by atoms with Crippen molar-refractivity contribution in [2.75, 3.05) is 20.6 Å². The predicted octanol–water partition coefficient (Wildman–Crippen LogP) is 0.972. The summed E-state index contributed by atoms with van der Waals surface area (Å²) in [5, 5.41) is 5.04. The predicted molar refractivity (Wildman–Crippen MR) is 87.8 cm³/mol. The summed E-state index contributed by atoms with van der Waals surface area (Å²) in [6.45, 7) is -0.354. The number of sulfonamides is 1. The molecule has 0 spiro atoms. The largest absolute Gasteiger partial charge is 0.351 e. The first-order valence-electron chi connectivity index (χ1n) is 7.02. The van der Waals surface area contributed by atoms with Gasteiger partial charge in [-0.2, -0.15) is 0 Å². The molecule has 136 valence electrons. The van der Waals surface area contributed by atoms with Gasteiger partial charge in [-0.25, -0.2) is 21.5 Å². The summed E-state index contributed by atoms with van der Waals surface area (Å²) in [4.78, 5) is 12.0. The van der Waals surface area contributed by atoms with E-state index >= 15 is 0 Å². The summed E-state index contributed by atoms with van der Waals surface area (Å²) >= 11 is 0. The average molecular weight is 384 g/mol. The van der Waals surface area contributed by atoms with E-state index in [-0.39, 0.29) is 23.8 Å². The molecule has 2 N–H and O–H groups in total. The van der Waals surface area contributed by atoms with E-state index in [2.05, 4.69) is 10.6 Å². The van der Waals surface area contributed by atoms with Crippen molar-refractivity contribution in [3.05, 3.63) is 29.8 Å². The Morgan fingerprint density at radius 1 is 1.33 bits per heavy atom. The Morgan fingerprint density at radius 3 is 2.38 bits per heavy atom. The summed E-state index contributed by atoms with van der Waals surface area (Å²) in [7, 11) is -0.622. The lowest BCUT2D eigenvalue weighted by Gasteiger charge is -2.13. The molecule has 2 rings (SSSR count). The minimum atomic E-state index is -3.50. The Labute approximate surface area is 146 Å². The zero-order valence-electron chi connectivity index (χ0n) is 13.3. The third-order valence-corrected chi connectivity index (χ3v) is 5.42. The van der Waals surface area contributed by atoms with E-state index in [1.54, 1.807) is 12.1 Å². The van der Waals surface area contributed by atoms with Crippen LogP contribution in [0.25, 0.3) is 0 Å². The number of carbonyl (C=O) groups excluding carboxylic acids is 1. The molecule has 0 aliphatic carbocycles. The molecule has 0 bridgehead atoms. The van der Waals surface area contributed by atoms with Gasteiger partial charge in [0.15, 0.2) is 0 Å². The summed E-state index contributed by atoms with van der Waals surface area (Å²) in [6, 6.07) is 5.14. The van der Waals surface area contributed by atoms with Crippen LogP contribution >= 0.6 is 12.4 Å². The molecular formula is C14H20ClF2N3O3S. The second-order valence-electron chi connectivity index (χ2n) is 5.64. The highest BCUT2D eigenvalue weighted by Crippen LogP contribution is 2.25. The van der Waals surface area contributed by atoms with Crippen LogP contribution in [0.4, 0.5) is 8.78 Å². The number of hydrogen-bond donors (Lipinski definition) is 2. The maximum atomic E-state index is 13.0. The van der Waals surface area contributed by atoms with Crippen LogP contribution in [0.15, 0.2) is 29.2 Å². The Kier molecular flexibility index (Phi) is 6.68. The fourth-order valence-electron chi connectivity index (χ4n) is 2.20. The zero-order valence-corrected chi connectivity index (χ0v) is 14.9. The van der Waals surface area contributed by atoms with Crippen molar-refractivity contribution in [1.82, 2.24) is 14.9 Å². The van der Waals surface area contributed by atoms with Gasteiger partial charge in [-0.15, -0.1) is 12.4 Å². The second kappa shape index (κ2) is 7.73. The molecule has 1 aliphatic heterocycles. The molecule has 10 heteroatoms. The molecule has 0 radical (unpaired) electrons. The first-order chi connectivity index (χ1) is 10.6. The Bertz CT molecular complexity index is 681. The summed E-state index contributed by atoms with van der Waals surface area (Å²) in [6.07, 6.45) is -0.515. The highest BCUT2D eigenvalue weighted by atomic mass is 35.5. The maximum Gasteiger partial charge on any atom is 0.262 e. The van der Waals surface area contributed by atoms with Gasteiger partial charge in [0.05, 0.1) is 17.5 Å². The molecule has 1 aromatic carbocycles. The molecular weight excluding hydrogens is 364 g/mol. The standard InChI is InChI=1S/C14H19F2N3O3S.ClH/c1-19(2)23(21,22)11-5-3-10(4-6-11)8-17-13(20)12-7-14(15,16)9-18-12;/h3-6,12,18H,7-9H2,1-2H3,(H,17,20);1H. The number of carbonyl (C=O) groups is 1. The minimum absolute atomic E-state index is 0. The fraction of sp³-hybridized carbons (Fsp3) is 0.500. The van der Waals surface area contributed by atoms with Crippen LogP contribution in [-0.2, 0) is 21.4 Å². The molecule has 1 aromatic rings. The van der Waals surface area contributed by atoms with E-state index in [1.807, 2.05) is 0 Å². The number of nitrogens with one attached hydrogen (secondary N) is 2. The lowest BCUT2D eigenvalue weighted by atomic mass is 10.1. The molecule has 1 saturated heterocycles. The van der Waals surface area contributed by atoms with Gasteiger partial charge >= 0.3 is 0 Å². The first kappa shape index (κ1) is 20.8. The van der Waals surface area contributed by atoms with Crippen molar-refractivity contribution in [3.8, 4) is 0 Å². The van der Waals surface area contributed by atoms with Crippen molar-refractivity contribution >= 4 is 28.3 Å². The molecule has 0 saturated carbocycles. The quantitative estimate of drug-likeness (QED) is 0.794. The van der Waals surface area contributed by atoms with Crippen LogP contribution in [0.3, 0.4) is 0 Å². The van der Waals surface area contributed by atoms with Crippen molar-refractivity contribution in [2.24, 2.45) is 0 Å². The minimum Gasteiger partial charge on any atom is -0.351 e. The van der Waals surface area contributed by atoms with Gasteiger partial charge in [-0.05, 0) is 17.7 Å². The molecule has 24 heavy (non-hydrogen) atoms. The number of nitrogens with zero attached hydrogens (tertiary/aromatic N) is 1. The van der Waals surface area contributed by atoms with E-state index in [0.717, 1.165) is 4.31 Å². The van der Waals surface area contributed by atoms with Crippen molar-refractivity contribution in [1.29, 1.82) is 0 Å². The van der Waals surface area contributed by atoms with Crippen LogP contribution in [-0.4, -0.2) is 51.2 Å². The van der Waals surface area contributed by atoms with Gasteiger partial charge in [0.25, 0.3) is 5.92 Å². The third kappa shape index (κ3) is 4.85.